The summed E-state index contributed by atoms with van der Waals surface area (Å²) in [5.74, 6) is 0. The van der Waals surface area contributed by atoms with E-state index in [2.05, 4.69) is 9.97 Å². The van der Waals surface area contributed by atoms with Crippen LogP contribution in [0.4, 0.5) is 5.69 Å². The molecule has 0 aliphatic heterocycles. The molecule has 1 heterocycles. The Morgan fingerprint density at radius 2 is 1.76 bits per heavy atom. The zero-order valence-corrected chi connectivity index (χ0v) is 17.3. The zero-order valence-electron chi connectivity index (χ0n) is 16.4. The first-order chi connectivity index (χ1) is 13.7. The highest BCUT2D eigenvalue weighted by Crippen LogP contribution is 2.49. The number of aromatic amines is 2. The second-order valence-electron chi connectivity index (χ2n) is 6.85. The van der Waals surface area contributed by atoms with Crippen LogP contribution in [0.3, 0.4) is 0 Å². The van der Waals surface area contributed by atoms with Gasteiger partial charge in [-0.25, -0.2) is 0 Å². The topological polar surface area (TPSA) is 148 Å². The van der Waals surface area contributed by atoms with Crippen molar-refractivity contribution in [1.82, 2.24) is 14.9 Å². The molecule has 1 aromatic heterocycles. The summed E-state index contributed by atoms with van der Waals surface area (Å²) in [4.78, 5) is 41.2. The van der Waals surface area contributed by atoms with Gasteiger partial charge in [-0.05, 0) is 39.3 Å². The Morgan fingerprint density at radius 1 is 1.17 bits per heavy atom. The predicted octanol–water partition coefficient (Wildman–Crippen LogP) is 1.75. The maximum atomic E-state index is 12.8. The zero-order chi connectivity index (χ0) is 21.3. The normalized spacial score (nSPS) is 16.5. The van der Waals surface area contributed by atoms with Crippen LogP contribution in [-0.4, -0.2) is 52.4 Å². The molecule has 1 aliphatic carbocycles. The van der Waals surface area contributed by atoms with Crippen molar-refractivity contribution in [2.75, 3.05) is 26.5 Å². The third kappa shape index (κ3) is 4.18. The standard InChI is InChI=1S/C17H23N4O7P/c1-4-27-29(26,28-5-2)9-20(3)10-6-11-12(7-10)15-13(8-14(11)21(24)25)18-16(22)17(23)19-15/h8,10H,4-7,9H2,1-3H3,(H,18,22)(H,19,23). The van der Waals surface area contributed by atoms with Gasteiger partial charge in [-0.2, -0.15) is 0 Å². The second-order valence-corrected chi connectivity index (χ2v) is 8.87. The van der Waals surface area contributed by atoms with E-state index in [-0.39, 0.29) is 36.7 Å². The fourth-order valence-electron chi connectivity index (χ4n) is 3.73. The Kier molecular flexibility index (Phi) is 6.04. The molecule has 0 fully saturated rings. The third-order valence-electron chi connectivity index (χ3n) is 4.97. The molecular formula is C17H23N4O7P. The monoisotopic (exact) mass is 426 g/mol. The first kappa shape index (κ1) is 21.4. The summed E-state index contributed by atoms with van der Waals surface area (Å²) in [6.07, 6.45) is 0.744. The Labute approximate surface area is 165 Å². The lowest BCUT2D eigenvalue weighted by atomic mass is 10.1. The molecule has 1 aromatic carbocycles. The highest BCUT2D eigenvalue weighted by Gasteiger charge is 2.36. The molecule has 29 heavy (non-hydrogen) atoms. The van der Waals surface area contributed by atoms with E-state index in [4.69, 9.17) is 9.05 Å². The SMILES string of the molecule is CCOP(=O)(CN(C)C1Cc2c([N+](=O)[O-])cc3[nH]c(=O)c(=O)[nH]c3c2C1)OCC. The quantitative estimate of drug-likeness (QED) is 0.281. The third-order valence-corrected chi connectivity index (χ3v) is 7.06. The molecular weight excluding hydrogens is 403 g/mol. The fourth-order valence-corrected chi connectivity index (χ4v) is 5.53. The lowest BCUT2D eigenvalue weighted by Crippen LogP contribution is -2.33. The van der Waals surface area contributed by atoms with Crippen molar-refractivity contribution in [2.45, 2.75) is 32.7 Å². The summed E-state index contributed by atoms with van der Waals surface area (Å²) < 4.78 is 23.5. The summed E-state index contributed by atoms with van der Waals surface area (Å²) in [6.45, 7) is 3.93. The highest BCUT2D eigenvalue weighted by atomic mass is 31.2. The number of hydrogen-bond acceptors (Lipinski definition) is 8. The van der Waals surface area contributed by atoms with Crippen molar-refractivity contribution in [3.63, 3.8) is 0 Å². The van der Waals surface area contributed by atoms with Crippen LogP contribution in [0.25, 0.3) is 11.0 Å². The molecule has 0 saturated carbocycles. The fraction of sp³-hybridized carbons (Fsp3) is 0.529. The van der Waals surface area contributed by atoms with Gasteiger partial charge in [0, 0.05) is 17.7 Å². The van der Waals surface area contributed by atoms with Gasteiger partial charge in [-0.1, -0.05) is 0 Å². The number of aromatic nitrogens is 2. The summed E-state index contributed by atoms with van der Waals surface area (Å²) >= 11 is 0. The van der Waals surface area contributed by atoms with E-state index in [0.717, 1.165) is 0 Å². The van der Waals surface area contributed by atoms with Gasteiger partial charge in [0.1, 0.15) is 6.29 Å². The molecule has 12 heteroatoms. The van der Waals surface area contributed by atoms with Crippen molar-refractivity contribution >= 4 is 24.3 Å². The number of rotatable bonds is 8. The summed E-state index contributed by atoms with van der Waals surface area (Å²) in [5, 5.41) is 11.6. The number of nitrogens with one attached hydrogen (secondary N) is 2. The van der Waals surface area contributed by atoms with Crippen molar-refractivity contribution in [3.8, 4) is 0 Å². The van der Waals surface area contributed by atoms with Crippen LogP contribution in [-0.2, 0) is 26.5 Å². The average Bonchev–Trinajstić information content (AvgIpc) is 3.08. The smallest absolute Gasteiger partial charge is 0.316 e. The van der Waals surface area contributed by atoms with Gasteiger partial charge in [0.15, 0.2) is 0 Å². The molecule has 3 rings (SSSR count). The van der Waals surface area contributed by atoms with Crippen LogP contribution in [0.15, 0.2) is 15.7 Å². The molecule has 1 unspecified atom stereocenters. The van der Waals surface area contributed by atoms with Gasteiger partial charge in [0.2, 0.25) is 0 Å². The number of likely N-dealkylation sites (N-methyl/N-ethyl adjacent to an activating group) is 1. The minimum Gasteiger partial charge on any atom is -0.316 e. The van der Waals surface area contributed by atoms with Crippen molar-refractivity contribution in [2.24, 2.45) is 0 Å². The predicted molar refractivity (Wildman–Crippen MR) is 107 cm³/mol. The van der Waals surface area contributed by atoms with Gasteiger partial charge < -0.3 is 19.0 Å². The molecule has 0 spiro atoms. The van der Waals surface area contributed by atoms with Crippen molar-refractivity contribution in [3.05, 3.63) is 48.0 Å². The van der Waals surface area contributed by atoms with Crippen LogP contribution in [0.5, 0.6) is 0 Å². The number of nitrogens with zero attached hydrogens (tertiary/aromatic N) is 2. The maximum Gasteiger partial charge on any atom is 0.344 e. The van der Waals surface area contributed by atoms with Gasteiger partial charge in [-0.3, -0.25) is 29.2 Å². The van der Waals surface area contributed by atoms with Crippen LogP contribution < -0.4 is 11.1 Å². The lowest BCUT2D eigenvalue weighted by Gasteiger charge is -2.27. The Balaban J connectivity index is 1.99. The van der Waals surface area contributed by atoms with Crippen molar-refractivity contribution < 1.29 is 18.5 Å². The van der Waals surface area contributed by atoms with Crippen molar-refractivity contribution in [1.29, 1.82) is 0 Å². The Hall–Kier alpha value is -2.33. The van der Waals surface area contributed by atoms with Gasteiger partial charge in [-0.15, -0.1) is 0 Å². The van der Waals surface area contributed by atoms with E-state index < -0.39 is 23.6 Å². The molecule has 1 atom stereocenters. The van der Waals surface area contributed by atoms with Crippen LogP contribution in [0.1, 0.15) is 25.0 Å². The summed E-state index contributed by atoms with van der Waals surface area (Å²) in [5.41, 5.74) is -0.132. The first-order valence-corrected chi connectivity index (χ1v) is 11.0. The van der Waals surface area contributed by atoms with Gasteiger partial charge >= 0.3 is 18.7 Å². The van der Waals surface area contributed by atoms with E-state index in [9.17, 15) is 24.3 Å². The second kappa shape index (κ2) is 8.19. The number of benzene rings is 1. The minimum absolute atomic E-state index is 0.0341. The molecule has 0 amide bonds. The number of hydrogen-bond donors (Lipinski definition) is 2. The average molecular weight is 426 g/mol. The number of nitro groups is 1. The van der Waals surface area contributed by atoms with Crippen LogP contribution in [0, 0.1) is 10.1 Å². The maximum absolute atomic E-state index is 12.8. The Bertz CT molecular complexity index is 1100. The largest absolute Gasteiger partial charge is 0.344 e. The molecule has 158 valence electrons. The molecule has 1 aliphatic rings. The van der Waals surface area contributed by atoms with E-state index in [0.29, 0.717) is 29.5 Å². The van der Waals surface area contributed by atoms with E-state index in [1.54, 1.807) is 25.8 Å². The summed E-state index contributed by atoms with van der Waals surface area (Å²) in [6, 6.07) is 1.05. The van der Waals surface area contributed by atoms with E-state index in [1.807, 2.05) is 0 Å². The van der Waals surface area contributed by atoms with E-state index in [1.165, 1.54) is 6.07 Å². The summed E-state index contributed by atoms with van der Waals surface area (Å²) in [7, 11) is -1.58. The first-order valence-electron chi connectivity index (χ1n) is 9.23. The van der Waals surface area contributed by atoms with Gasteiger partial charge in [0.05, 0.1) is 29.2 Å². The molecule has 2 aromatic rings. The van der Waals surface area contributed by atoms with Crippen LogP contribution in [0.2, 0.25) is 0 Å². The van der Waals surface area contributed by atoms with Gasteiger partial charge in [0.25, 0.3) is 5.69 Å². The number of fused-ring (bicyclic) bond motifs is 3. The minimum atomic E-state index is -3.33. The molecule has 0 saturated heterocycles. The number of H-pyrrole nitrogens is 2. The Morgan fingerprint density at radius 3 is 2.34 bits per heavy atom. The molecule has 11 nitrogen and oxygen atoms in total. The molecule has 2 N–H and O–H groups in total. The molecule has 0 radical (unpaired) electrons. The van der Waals surface area contributed by atoms with E-state index >= 15 is 0 Å². The number of nitro benzene ring substituents is 1. The lowest BCUT2D eigenvalue weighted by molar-refractivity contribution is -0.385. The van der Waals surface area contributed by atoms with Crippen LogP contribution >= 0.6 is 7.60 Å². The molecule has 0 bridgehead atoms. The highest BCUT2D eigenvalue weighted by molar-refractivity contribution is 7.53.